The highest BCUT2D eigenvalue weighted by Gasteiger charge is 2.12. The maximum atomic E-state index is 11.5. The van der Waals surface area contributed by atoms with E-state index in [9.17, 15) is 9.59 Å². The quantitative estimate of drug-likeness (QED) is 0.805. The summed E-state index contributed by atoms with van der Waals surface area (Å²) >= 11 is 0. The number of aryl methyl sites for hydroxylation is 1. The molecule has 2 N–H and O–H groups in total. The van der Waals surface area contributed by atoms with Gasteiger partial charge in [0.25, 0.3) is 0 Å². The minimum Gasteiger partial charge on any atom is -0.334 e. The molecule has 0 radical (unpaired) electrons. The number of carbonyl (C=O) groups excluding carboxylic acids is 1. The Labute approximate surface area is 101 Å². The summed E-state index contributed by atoms with van der Waals surface area (Å²) in [7, 11) is 1.68. The molecule has 0 bridgehead atoms. The predicted octanol–water partition coefficient (Wildman–Crippen LogP) is 0.983. The first-order chi connectivity index (χ1) is 7.78. The van der Waals surface area contributed by atoms with E-state index in [0.717, 1.165) is 5.56 Å². The highest BCUT2D eigenvalue weighted by Crippen LogP contribution is 1.98. The maximum absolute atomic E-state index is 11.5. The molecular formula is C12H19N3O2. The van der Waals surface area contributed by atoms with E-state index in [4.69, 9.17) is 0 Å². The first kappa shape index (κ1) is 13.3. The summed E-state index contributed by atoms with van der Waals surface area (Å²) in [5, 5.41) is 5.53. The molecule has 0 aliphatic carbocycles. The molecule has 0 aliphatic rings. The topological polar surface area (TPSA) is 63.1 Å². The average Bonchev–Trinajstić information content (AvgIpc) is 2.17. The van der Waals surface area contributed by atoms with Crippen LogP contribution in [0.1, 0.15) is 26.3 Å². The van der Waals surface area contributed by atoms with Crippen LogP contribution in [0.4, 0.5) is 4.79 Å². The van der Waals surface area contributed by atoms with E-state index < -0.39 is 0 Å². The first-order valence-corrected chi connectivity index (χ1v) is 5.49. The van der Waals surface area contributed by atoms with Crippen LogP contribution in [0.25, 0.3) is 0 Å². The van der Waals surface area contributed by atoms with Crippen LogP contribution in [0.15, 0.2) is 23.1 Å². The van der Waals surface area contributed by atoms with Crippen LogP contribution in [0.3, 0.4) is 0 Å². The van der Waals surface area contributed by atoms with Crippen molar-refractivity contribution in [3.63, 3.8) is 0 Å². The largest absolute Gasteiger partial charge is 0.334 e. The smallest absolute Gasteiger partial charge is 0.315 e. The van der Waals surface area contributed by atoms with Gasteiger partial charge in [-0.3, -0.25) is 4.79 Å². The molecule has 0 saturated heterocycles. The third-order valence-corrected chi connectivity index (χ3v) is 2.09. The zero-order chi connectivity index (χ0) is 13.1. The van der Waals surface area contributed by atoms with Crippen molar-refractivity contribution in [2.45, 2.75) is 32.9 Å². The van der Waals surface area contributed by atoms with E-state index in [2.05, 4.69) is 10.6 Å². The van der Waals surface area contributed by atoms with Gasteiger partial charge in [0.1, 0.15) is 0 Å². The van der Waals surface area contributed by atoms with Gasteiger partial charge in [0.05, 0.1) is 0 Å². The lowest BCUT2D eigenvalue weighted by Crippen LogP contribution is -2.46. The van der Waals surface area contributed by atoms with E-state index in [1.165, 1.54) is 10.6 Å². The van der Waals surface area contributed by atoms with Gasteiger partial charge in [0.2, 0.25) is 5.56 Å². The number of aromatic nitrogens is 1. The molecule has 1 heterocycles. The Balaban J connectivity index is 2.53. The Morgan fingerprint density at radius 1 is 1.35 bits per heavy atom. The number of nitrogens with zero attached hydrogens (tertiary/aromatic N) is 1. The van der Waals surface area contributed by atoms with Gasteiger partial charge < -0.3 is 15.2 Å². The summed E-state index contributed by atoms with van der Waals surface area (Å²) in [5.74, 6) is 0. The summed E-state index contributed by atoms with van der Waals surface area (Å²) in [5.41, 5.74) is 0.567. The molecule has 0 fully saturated rings. The molecule has 0 aliphatic heterocycles. The van der Waals surface area contributed by atoms with Gasteiger partial charge in [-0.2, -0.15) is 0 Å². The molecule has 2 amide bonds. The maximum Gasteiger partial charge on any atom is 0.315 e. The van der Waals surface area contributed by atoms with Crippen molar-refractivity contribution in [1.29, 1.82) is 0 Å². The number of urea groups is 1. The van der Waals surface area contributed by atoms with Crippen molar-refractivity contribution < 1.29 is 4.79 Å². The number of hydrogen-bond acceptors (Lipinski definition) is 2. The molecular weight excluding hydrogens is 218 g/mol. The summed E-state index contributed by atoms with van der Waals surface area (Å²) in [4.78, 5) is 22.7. The van der Waals surface area contributed by atoms with Gasteiger partial charge in [-0.1, -0.05) is 6.07 Å². The van der Waals surface area contributed by atoms with Crippen LogP contribution in [0.2, 0.25) is 0 Å². The minimum absolute atomic E-state index is 0.0621. The van der Waals surface area contributed by atoms with Crippen LogP contribution in [0, 0.1) is 0 Å². The Bertz CT molecular complexity index is 458. The highest BCUT2D eigenvalue weighted by molar-refractivity contribution is 5.74. The van der Waals surface area contributed by atoms with Gasteiger partial charge in [-0.25, -0.2) is 4.79 Å². The number of carbonyl (C=O) groups is 1. The fourth-order valence-corrected chi connectivity index (χ4v) is 1.32. The standard InChI is InChI=1S/C12H19N3O2/c1-12(2,3)14-11(17)13-7-9-5-6-10(16)15(4)8-9/h5-6,8H,7H2,1-4H3,(H2,13,14,17). The Hall–Kier alpha value is -1.78. The first-order valence-electron chi connectivity index (χ1n) is 5.49. The van der Waals surface area contributed by atoms with Crippen molar-refractivity contribution in [2.24, 2.45) is 7.05 Å². The fourth-order valence-electron chi connectivity index (χ4n) is 1.32. The lowest BCUT2D eigenvalue weighted by Gasteiger charge is -2.20. The fraction of sp³-hybridized carbons (Fsp3) is 0.500. The van der Waals surface area contributed by atoms with Crippen LogP contribution >= 0.6 is 0 Å². The second-order valence-corrected chi connectivity index (χ2v) is 5.04. The number of nitrogens with one attached hydrogen (secondary N) is 2. The molecule has 1 aromatic heterocycles. The third-order valence-electron chi connectivity index (χ3n) is 2.09. The van der Waals surface area contributed by atoms with Gasteiger partial charge in [-0.15, -0.1) is 0 Å². The predicted molar refractivity (Wildman–Crippen MR) is 66.8 cm³/mol. The van der Waals surface area contributed by atoms with E-state index in [1.54, 1.807) is 19.3 Å². The van der Waals surface area contributed by atoms with E-state index >= 15 is 0 Å². The van der Waals surface area contributed by atoms with E-state index in [-0.39, 0.29) is 17.1 Å². The third kappa shape index (κ3) is 4.72. The zero-order valence-corrected chi connectivity index (χ0v) is 10.7. The van der Waals surface area contributed by atoms with Gasteiger partial charge in [-0.05, 0) is 26.3 Å². The Morgan fingerprint density at radius 3 is 2.53 bits per heavy atom. The van der Waals surface area contributed by atoms with E-state index in [0.29, 0.717) is 6.54 Å². The van der Waals surface area contributed by atoms with Gasteiger partial charge >= 0.3 is 6.03 Å². The van der Waals surface area contributed by atoms with E-state index in [1.807, 2.05) is 20.8 Å². The van der Waals surface area contributed by atoms with Crippen LogP contribution in [-0.4, -0.2) is 16.1 Å². The van der Waals surface area contributed by atoms with Crippen LogP contribution in [0.5, 0.6) is 0 Å². The summed E-state index contributed by atoms with van der Waals surface area (Å²) < 4.78 is 1.48. The molecule has 5 heteroatoms. The van der Waals surface area contributed by atoms with Gasteiger partial charge in [0, 0.05) is 31.4 Å². The Morgan fingerprint density at radius 2 is 2.00 bits per heavy atom. The zero-order valence-electron chi connectivity index (χ0n) is 10.7. The summed E-state index contributed by atoms with van der Waals surface area (Å²) in [6, 6.07) is 2.98. The second kappa shape index (κ2) is 5.03. The molecule has 0 atom stereocenters. The molecule has 94 valence electrons. The van der Waals surface area contributed by atoms with Crippen molar-refractivity contribution in [3.8, 4) is 0 Å². The number of pyridine rings is 1. The minimum atomic E-state index is -0.256. The SMILES string of the molecule is Cn1cc(CNC(=O)NC(C)(C)C)ccc1=O. The average molecular weight is 237 g/mol. The van der Waals surface area contributed by atoms with Crippen molar-refractivity contribution in [1.82, 2.24) is 15.2 Å². The summed E-state index contributed by atoms with van der Waals surface area (Å²) in [6.07, 6.45) is 1.71. The monoisotopic (exact) mass is 237 g/mol. The van der Waals surface area contributed by atoms with Gasteiger partial charge in [0.15, 0.2) is 0 Å². The molecule has 17 heavy (non-hydrogen) atoms. The molecule has 0 saturated carbocycles. The molecule has 1 rings (SSSR count). The number of hydrogen-bond donors (Lipinski definition) is 2. The lowest BCUT2D eigenvalue weighted by atomic mass is 10.1. The normalized spacial score (nSPS) is 11.1. The molecule has 1 aromatic rings. The summed E-state index contributed by atoms with van der Waals surface area (Å²) in [6.45, 7) is 6.15. The van der Waals surface area contributed by atoms with Crippen LogP contribution in [-0.2, 0) is 13.6 Å². The van der Waals surface area contributed by atoms with Crippen molar-refractivity contribution in [2.75, 3.05) is 0 Å². The number of rotatable bonds is 2. The molecule has 0 unspecified atom stereocenters. The molecule has 5 nitrogen and oxygen atoms in total. The Kier molecular flexibility index (Phi) is 3.93. The van der Waals surface area contributed by atoms with Crippen LogP contribution < -0.4 is 16.2 Å². The van der Waals surface area contributed by atoms with Crippen molar-refractivity contribution in [3.05, 3.63) is 34.2 Å². The second-order valence-electron chi connectivity index (χ2n) is 5.04. The molecule has 0 spiro atoms. The molecule has 0 aromatic carbocycles. The van der Waals surface area contributed by atoms with Crippen molar-refractivity contribution >= 4 is 6.03 Å². The lowest BCUT2D eigenvalue weighted by molar-refractivity contribution is 0.231. The highest BCUT2D eigenvalue weighted by atomic mass is 16.2. The number of amides is 2.